The molecule has 0 aromatic heterocycles. The van der Waals surface area contributed by atoms with Crippen molar-refractivity contribution in [3.63, 3.8) is 0 Å². The molecule has 7 heteroatoms. The molecule has 0 bridgehead atoms. The van der Waals surface area contributed by atoms with Crippen molar-refractivity contribution in [3.8, 4) is 23.6 Å². The lowest BCUT2D eigenvalue weighted by atomic mass is 9.77. The molecule has 0 amide bonds. The Hall–Kier alpha value is -4.49. The second-order valence-electron chi connectivity index (χ2n) is 9.54. The van der Waals surface area contributed by atoms with Gasteiger partial charge in [0.2, 0.25) is 0 Å². The summed E-state index contributed by atoms with van der Waals surface area (Å²) in [5.41, 5.74) is 3.78. The average molecular weight is 460 g/mol. The Morgan fingerprint density at radius 1 is 0.771 bits per heavy atom. The fraction of sp³-hybridized carbons (Fsp3) is 0.250. The molecule has 2 saturated heterocycles. The number of nitrogens with zero attached hydrogens (tertiary/aromatic N) is 4. The van der Waals surface area contributed by atoms with Crippen LogP contribution in [0.4, 0.5) is 11.4 Å². The number of carbonyl (C=O) groups excluding carboxylic acids is 1. The second kappa shape index (κ2) is 7.01. The van der Waals surface area contributed by atoms with Crippen molar-refractivity contribution in [1.82, 2.24) is 0 Å². The van der Waals surface area contributed by atoms with Crippen molar-refractivity contribution in [2.24, 2.45) is 11.8 Å². The van der Waals surface area contributed by atoms with Gasteiger partial charge in [0.15, 0.2) is 5.60 Å². The van der Waals surface area contributed by atoms with E-state index in [1.54, 1.807) is 6.07 Å². The van der Waals surface area contributed by atoms with Crippen LogP contribution in [0.1, 0.15) is 27.0 Å². The predicted octanol–water partition coefficient (Wildman–Crippen LogP) is 4.17. The summed E-state index contributed by atoms with van der Waals surface area (Å²) in [5, 5.41) is 18.3. The zero-order chi connectivity index (χ0) is 23.7. The largest absolute Gasteiger partial charge is 0.456 e. The van der Waals surface area contributed by atoms with Gasteiger partial charge < -0.3 is 19.3 Å². The van der Waals surface area contributed by atoms with Gasteiger partial charge in [-0.15, -0.1) is 0 Å². The molecule has 7 rings (SSSR count). The number of hydrogen-bond donors (Lipinski definition) is 0. The maximum Gasteiger partial charge on any atom is 0.340 e. The number of hydrogen-bond acceptors (Lipinski definition) is 7. The lowest BCUT2D eigenvalue weighted by Crippen LogP contribution is -2.46. The Morgan fingerprint density at radius 3 is 1.86 bits per heavy atom. The first-order valence-electron chi connectivity index (χ1n) is 11.7. The fourth-order valence-corrected chi connectivity index (χ4v) is 5.59. The van der Waals surface area contributed by atoms with Crippen molar-refractivity contribution in [3.05, 3.63) is 82.9 Å². The lowest BCUT2D eigenvalue weighted by molar-refractivity contribution is 0.0224. The summed E-state index contributed by atoms with van der Waals surface area (Å²) in [6, 6.07) is 24.1. The summed E-state index contributed by atoms with van der Waals surface area (Å²) in [7, 11) is 0. The van der Waals surface area contributed by atoms with E-state index in [4.69, 9.17) is 20.0 Å². The van der Waals surface area contributed by atoms with E-state index < -0.39 is 5.60 Å². The monoisotopic (exact) mass is 460 g/mol. The maximum atomic E-state index is 13.0. The Labute approximate surface area is 202 Å². The minimum atomic E-state index is -1.10. The molecule has 0 radical (unpaired) electrons. The first-order chi connectivity index (χ1) is 17.1. The van der Waals surface area contributed by atoms with E-state index in [-0.39, 0.29) is 17.8 Å². The molecule has 0 saturated carbocycles. The normalized spacial score (nSPS) is 19.3. The lowest BCUT2D eigenvalue weighted by Gasteiger charge is -2.41. The molecule has 7 nitrogen and oxygen atoms in total. The van der Waals surface area contributed by atoms with Gasteiger partial charge >= 0.3 is 5.97 Å². The van der Waals surface area contributed by atoms with E-state index in [2.05, 4.69) is 21.9 Å². The molecule has 0 N–H and O–H groups in total. The standard InChI is InChI=1S/C28H20N4O3/c29-11-17-13-31(14-17)19-5-7-23-25(9-19)34-26-10-20(32-15-18(12-30)16-32)6-8-24(26)28(23)22-4-2-1-3-21(22)27(33)35-28/h1-10,17-18H,13-16H2. The quantitative estimate of drug-likeness (QED) is 0.530. The number of rotatable bonds is 2. The summed E-state index contributed by atoms with van der Waals surface area (Å²) >= 11 is 0. The smallest absolute Gasteiger partial charge is 0.340 e. The molecule has 170 valence electrons. The maximum absolute atomic E-state index is 13.0. The molecular formula is C28H20N4O3. The molecule has 0 atom stereocenters. The molecule has 1 spiro atoms. The van der Waals surface area contributed by atoms with Crippen LogP contribution in [0.2, 0.25) is 0 Å². The molecular weight excluding hydrogens is 440 g/mol. The zero-order valence-electron chi connectivity index (χ0n) is 18.8. The summed E-state index contributed by atoms with van der Waals surface area (Å²) in [6.07, 6.45) is 0. The summed E-state index contributed by atoms with van der Waals surface area (Å²) in [5.74, 6) is 0.994. The van der Waals surface area contributed by atoms with E-state index in [9.17, 15) is 4.79 Å². The van der Waals surface area contributed by atoms with E-state index in [0.717, 1.165) is 28.1 Å². The SMILES string of the molecule is N#CC1CN(c2ccc3c(c2)Oc2cc(N4CC(C#N)C4)ccc2C32OC(=O)c3ccccc32)C1. The van der Waals surface area contributed by atoms with Crippen molar-refractivity contribution in [2.75, 3.05) is 36.0 Å². The first kappa shape index (κ1) is 19.9. The molecule has 3 aromatic rings. The van der Waals surface area contributed by atoms with Gasteiger partial charge in [-0.2, -0.15) is 10.5 Å². The highest BCUT2D eigenvalue weighted by Crippen LogP contribution is 2.57. The van der Waals surface area contributed by atoms with Crippen molar-refractivity contribution >= 4 is 17.3 Å². The van der Waals surface area contributed by atoms with Crippen LogP contribution >= 0.6 is 0 Å². The molecule has 4 aliphatic heterocycles. The van der Waals surface area contributed by atoms with E-state index in [1.165, 1.54) is 0 Å². The molecule has 0 unspecified atom stereocenters. The second-order valence-corrected chi connectivity index (χ2v) is 9.54. The van der Waals surface area contributed by atoms with Crippen LogP contribution in [0, 0.1) is 34.5 Å². The van der Waals surface area contributed by atoms with Crippen LogP contribution in [0.5, 0.6) is 11.5 Å². The molecule has 4 heterocycles. The minimum absolute atomic E-state index is 0.0398. The average Bonchev–Trinajstić information content (AvgIpc) is 3.11. The van der Waals surface area contributed by atoms with Gasteiger partial charge in [-0.25, -0.2) is 4.79 Å². The van der Waals surface area contributed by atoms with Gasteiger partial charge in [-0.3, -0.25) is 0 Å². The summed E-state index contributed by atoms with van der Waals surface area (Å²) in [4.78, 5) is 17.3. The Balaban J connectivity index is 1.38. The van der Waals surface area contributed by atoms with Crippen LogP contribution in [-0.2, 0) is 10.3 Å². The predicted molar refractivity (Wildman–Crippen MR) is 127 cm³/mol. The van der Waals surface area contributed by atoms with E-state index in [0.29, 0.717) is 43.2 Å². The van der Waals surface area contributed by atoms with Crippen molar-refractivity contribution < 1.29 is 14.3 Å². The molecule has 35 heavy (non-hydrogen) atoms. The third kappa shape index (κ3) is 2.67. The number of fused-ring (bicyclic) bond motifs is 6. The molecule has 0 aliphatic carbocycles. The Kier molecular flexibility index (Phi) is 3.99. The number of anilines is 2. The zero-order valence-corrected chi connectivity index (χ0v) is 18.8. The van der Waals surface area contributed by atoms with Gasteiger partial charge in [0, 0.05) is 66.4 Å². The van der Waals surface area contributed by atoms with Gasteiger partial charge in [-0.1, -0.05) is 18.2 Å². The number of benzene rings is 3. The first-order valence-corrected chi connectivity index (χ1v) is 11.7. The van der Waals surface area contributed by atoms with Crippen LogP contribution in [-0.4, -0.2) is 32.1 Å². The van der Waals surface area contributed by atoms with Crippen LogP contribution in [0.25, 0.3) is 0 Å². The third-order valence-electron chi connectivity index (χ3n) is 7.54. The van der Waals surface area contributed by atoms with Gasteiger partial charge in [0.1, 0.15) is 11.5 Å². The minimum Gasteiger partial charge on any atom is -0.456 e. The summed E-state index contributed by atoms with van der Waals surface area (Å²) in [6.45, 7) is 2.75. The van der Waals surface area contributed by atoms with Crippen LogP contribution in [0.15, 0.2) is 60.7 Å². The number of esters is 1. The third-order valence-corrected chi connectivity index (χ3v) is 7.54. The van der Waals surface area contributed by atoms with Crippen molar-refractivity contribution in [1.29, 1.82) is 10.5 Å². The van der Waals surface area contributed by atoms with Crippen molar-refractivity contribution in [2.45, 2.75) is 5.60 Å². The summed E-state index contributed by atoms with van der Waals surface area (Å²) < 4.78 is 12.7. The molecule has 2 fully saturated rings. The topological polar surface area (TPSA) is 89.6 Å². The van der Waals surface area contributed by atoms with Crippen LogP contribution in [0.3, 0.4) is 0 Å². The highest BCUT2D eigenvalue weighted by Gasteiger charge is 2.53. The Bertz CT molecular complexity index is 1410. The van der Waals surface area contributed by atoms with Gasteiger partial charge in [0.05, 0.1) is 29.5 Å². The highest BCUT2D eigenvalue weighted by molar-refractivity contribution is 5.97. The number of nitriles is 2. The number of ether oxygens (including phenoxy) is 2. The van der Waals surface area contributed by atoms with E-state index in [1.807, 2.05) is 54.6 Å². The number of carbonyl (C=O) groups is 1. The molecule has 3 aromatic carbocycles. The Morgan fingerprint density at radius 2 is 1.31 bits per heavy atom. The van der Waals surface area contributed by atoms with Crippen LogP contribution < -0.4 is 14.5 Å². The van der Waals surface area contributed by atoms with Gasteiger partial charge in [0.25, 0.3) is 0 Å². The van der Waals surface area contributed by atoms with Gasteiger partial charge in [-0.05, 0) is 30.3 Å². The molecule has 4 aliphatic rings. The van der Waals surface area contributed by atoms with E-state index >= 15 is 0 Å². The fourth-order valence-electron chi connectivity index (χ4n) is 5.59. The highest BCUT2D eigenvalue weighted by atomic mass is 16.6.